The molecule has 108 valence electrons. The van der Waals surface area contributed by atoms with Crippen LogP contribution in [0, 0.1) is 0 Å². The highest BCUT2D eigenvalue weighted by atomic mass is 35.5. The van der Waals surface area contributed by atoms with Crippen molar-refractivity contribution in [3.8, 4) is 0 Å². The Morgan fingerprint density at radius 3 is 2.90 bits per heavy atom. The summed E-state index contributed by atoms with van der Waals surface area (Å²) in [7, 11) is 0. The van der Waals surface area contributed by atoms with Crippen LogP contribution in [0.4, 0.5) is 5.82 Å². The number of nitrogens with two attached hydrogens (primary N) is 1. The molecule has 0 spiro atoms. The number of thiophene rings is 1. The van der Waals surface area contributed by atoms with E-state index in [0.717, 1.165) is 19.5 Å². The van der Waals surface area contributed by atoms with Crippen LogP contribution in [0.25, 0.3) is 5.57 Å². The highest BCUT2D eigenvalue weighted by Gasteiger charge is 2.18. The number of carbonyl (C=O) groups is 1. The number of hydrogen-bond acceptors (Lipinski definition) is 4. The molecular weight excluding hydrogens is 306 g/mol. The molecule has 1 aliphatic heterocycles. The van der Waals surface area contributed by atoms with Gasteiger partial charge in [0, 0.05) is 24.2 Å². The van der Waals surface area contributed by atoms with E-state index >= 15 is 0 Å². The number of carbonyl (C=O) groups excluding carboxylic acids is 1. The van der Waals surface area contributed by atoms with E-state index in [1.54, 1.807) is 17.4 Å². The van der Waals surface area contributed by atoms with Crippen molar-refractivity contribution >= 4 is 40.2 Å². The molecule has 0 unspecified atom stereocenters. The maximum absolute atomic E-state index is 11.1. The van der Waals surface area contributed by atoms with Gasteiger partial charge in [0.1, 0.15) is 5.82 Å². The number of aromatic nitrogens is 1. The highest BCUT2D eigenvalue weighted by molar-refractivity contribution is 7.11. The number of hydrogen-bond donors (Lipinski definition) is 1. The first-order chi connectivity index (χ1) is 10.1. The molecule has 6 heteroatoms. The topological polar surface area (TPSA) is 59.2 Å². The zero-order valence-corrected chi connectivity index (χ0v) is 12.8. The summed E-state index contributed by atoms with van der Waals surface area (Å²) in [4.78, 5) is 18.8. The first kappa shape index (κ1) is 14.1. The molecule has 0 aliphatic carbocycles. The fourth-order valence-electron chi connectivity index (χ4n) is 2.34. The molecule has 21 heavy (non-hydrogen) atoms. The van der Waals surface area contributed by atoms with Crippen LogP contribution < -0.4 is 10.6 Å². The van der Waals surface area contributed by atoms with Gasteiger partial charge in [-0.15, -0.1) is 11.3 Å². The van der Waals surface area contributed by atoms with E-state index in [0.29, 0.717) is 16.4 Å². The lowest BCUT2D eigenvalue weighted by Crippen LogP contribution is -2.29. The lowest BCUT2D eigenvalue weighted by Gasteiger charge is -2.28. The van der Waals surface area contributed by atoms with Gasteiger partial charge >= 0.3 is 0 Å². The van der Waals surface area contributed by atoms with Crippen LogP contribution in [0.15, 0.2) is 35.9 Å². The Kier molecular flexibility index (Phi) is 3.94. The van der Waals surface area contributed by atoms with Crippen LogP contribution in [0.2, 0.25) is 5.02 Å². The predicted octanol–water partition coefficient (Wildman–Crippen LogP) is 3.19. The fourth-order valence-corrected chi connectivity index (χ4v) is 3.43. The standard InChI is InChI=1S/C15H14ClN3OS/c16-12-8-11(14(17)20)9-18-15(12)19-5-3-10(4-6-19)13-2-1-7-21-13/h1-3,7-9H,4-6H2,(H2,17,20). The number of amides is 1. The van der Waals surface area contributed by atoms with Crippen LogP contribution in [0.3, 0.4) is 0 Å². The maximum atomic E-state index is 11.1. The highest BCUT2D eigenvalue weighted by Crippen LogP contribution is 2.30. The zero-order chi connectivity index (χ0) is 14.8. The van der Waals surface area contributed by atoms with Gasteiger partial charge in [0.25, 0.3) is 0 Å². The summed E-state index contributed by atoms with van der Waals surface area (Å²) >= 11 is 7.97. The van der Waals surface area contributed by atoms with E-state index in [2.05, 4.69) is 33.5 Å². The molecule has 3 heterocycles. The van der Waals surface area contributed by atoms with E-state index in [1.165, 1.54) is 16.6 Å². The van der Waals surface area contributed by atoms with E-state index in [9.17, 15) is 4.79 Å². The van der Waals surface area contributed by atoms with E-state index < -0.39 is 5.91 Å². The minimum absolute atomic E-state index is 0.329. The summed E-state index contributed by atoms with van der Waals surface area (Å²) in [6.45, 7) is 1.61. The molecule has 0 radical (unpaired) electrons. The van der Waals surface area contributed by atoms with Gasteiger partial charge in [-0.1, -0.05) is 23.7 Å². The maximum Gasteiger partial charge on any atom is 0.250 e. The van der Waals surface area contributed by atoms with Crippen LogP contribution in [-0.4, -0.2) is 24.0 Å². The van der Waals surface area contributed by atoms with Gasteiger partial charge in [0.05, 0.1) is 10.6 Å². The number of anilines is 1. The largest absolute Gasteiger partial charge is 0.366 e. The number of pyridine rings is 1. The Labute approximate surface area is 131 Å². The monoisotopic (exact) mass is 319 g/mol. The minimum atomic E-state index is -0.519. The van der Waals surface area contributed by atoms with E-state index in [-0.39, 0.29) is 0 Å². The zero-order valence-electron chi connectivity index (χ0n) is 11.3. The third-order valence-corrected chi connectivity index (χ3v) is 4.68. The molecule has 3 rings (SSSR count). The quantitative estimate of drug-likeness (QED) is 0.945. The molecular formula is C15H14ClN3OS. The van der Waals surface area contributed by atoms with Gasteiger partial charge < -0.3 is 10.6 Å². The Morgan fingerprint density at radius 1 is 1.48 bits per heavy atom. The molecule has 0 bridgehead atoms. The average Bonchev–Trinajstić information content (AvgIpc) is 3.01. The molecule has 0 aromatic carbocycles. The van der Waals surface area contributed by atoms with Gasteiger partial charge in [-0.05, 0) is 29.5 Å². The van der Waals surface area contributed by atoms with Crippen LogP contribution in [0.5, 0.6) is 0 Å². The van der Waals surface area contributed by atoms with Crippen LogP contribution in [-0.2, 0) is 0 Å². The summed E-state index contributed by atoms with van der Waals surface area (Å²) in [6.07, 6.45) is 4.63. The van der Waals surface area contributed by atoms with Crippen molar-refractivity contribution in [3.63, 3.8) is 0 Å². The molecule has 0 fully saturated rings. The molecule has 2 N–H and O–H groups in total. The Hall–Kier alpha value is -1.85. The van der Waals surface area contributed by atoms with E-state index in [1.807, 2.05) is 0 Å². The number of halogens is 1. The summed E-state index contributed by atoms with van der Waals surface area (Å²) in [5.41, 5.74) is 6.92. The summed E-state index contributed by atoms with van der Waals surface area (Å²) in [6, 6.07) is 5.78. The number of primary amides is 1. The van der Waals surface area contributed by atoms with Gasteiger partial charge in [-0.3, -0.25) is 4.79 Å². The SMILES string of the molecule is NC(=O)c1cnc(N2CC=C(c3cccs3)CC2)c(Cl)c1. The second-order valence-electron chi connectivity index (χ2n) is 4.80. The molecule has 2 aromatic rings. The van der Waals surface area contributed by atoms with Crippen LogP contribution >= 0.6 is 22.9 Å². The molecule has 0 saturated heterocycles. The average molecular weight is 320 g/mol. The van der Waals surface area contributed by atoms with Crippen molar-refractivity contribution in [2.75, 3.05) is 18.0 Å². The van der Waals surface area contributed by atoms with Gasteiger partial charge in [0.2, 0.25) is 5.91 Å². The van der Waals surface area contributed by atoms with Crippen molar-refractivity contribution in [1.82, 2.24) is 4.98 Å². The van der Waals surface area contributed by atoms with Gasteiger partial charge in [-0.2, -0.15) is 0 Å². The normalized spacial score (nSPS) is 14.9. The van der Waals surface area contributed by atoms with Crippen molar-refractivity contribution in [2.45, 2.75) is 6.42 Å². The van der Waals surface area contributed by atoms with Crippen molar-refractivity contribution in [3.05, 3.63) is 51.3 Å². The molecule has 2 aromatic heterocycles. The predicted molar refractivity (Wildman–Crippen MR) is 86.9 cm³/mol. The fraction of sp³-hybridized carbons (Fsp3) is 0.200. The summed E-state index contributed by atoms with van der Waals surface area (Å²) in [5.74, 6) is 0.178. The Morgan fingerprint density at radius 2 is 2.33 bits per heavy atom. The Balaban J connectivity index is 1.79. The lowest BCUT2D eigenvalue weighted by atomic mass is 10.1. The summed E-state index contributed by atoms with van der Waals surface area (Å²) in [5, 5.41) is 2.54. The minimum Gasteiger partial charge on any atom is -0.366 e. The van der Waals surface area contributed by atoms with Crippen LogP contribution in [0.1, 0.15) is 21.7 Å². The summed E-state index contributed by atoms with van der Waals surface area (Å²) < 4.78 is 0. The third-order valence-electron chi connectivity index (χ3n) is 3.45. The van der Waals surface area contributed by atoms with Gasteiger partial charge in [-0.25, -0.2) is 4.98 Å². The van der Waals surface area contributed by atoms with E-state index in [4.69, 9.17) is 17.3 Å². The second kappa shape index (κ2) is 5.87. The molecule has 1 aliphatic rings. The molecule has 4 nitrogen and oxygen atoms in total. The van der Waals surface area contributed by atoms with Crippen molar-refractivity contribution < 1.29 is 4.79 Å². The first-order valence-corrected chi connectivity index (χ1v) is 7.84. The number of nitrogens with zero attached hydrogens (tertiary/aromatic N) is 2. The molecule has 0 saturated carbocycles. The van der Waals surface area contributed by atoms with Gasteiger partial charge in [0.15, 0.2) is 0 Å². The third kappa shape index (κ3) is 2.94. The number of rotatable bonds is 3. The van der Waals surface area contributed by atoms with Crippen molar-refractivity contribution in [1.29, 1.82) is 0 Å². The smallest absolute Gasteiger partial charge is 0.250 e. The molecule has 1 amide bonds. The van der Waals surface area contributed by atoms with Crippen molar-refractivity contribution in [2.24, 2.45) is 5.73 Å². The Bertz CT molecular complexity index is 697. The first-order valence-electron chi connectivity index (χ1n) is 6.58. The lowest BCUT2D eigenvalue weighted by molar-refractivity contribution is 0.1000. The second-order valence-corrected chi connectivity index (χ2v) is 6.15. The molecule has 0 atom stereocenters.